The molecule has 0 atom stereocenters. The van der Waals surface area contributed by atoms with Crippen LogP contribution in [0.4, 0.5) is 18.9 Å². The maximum Gasteiger partial charge on any atom is 0.416 e. The van der Waals surface area contributed by atoms with Crippen molar-refractivity contribution in [3.8, 4) is 11.5 Å². The molecule has 112 valence electrons. The molecule has 2 aromatic carbocycles. The van der Waals surface area contributed by atoms with Crippen LogP contribution < -0.4 is 9.64 Å². The molecule has 0 amide bonds. The zero-order valence-corrected chi connectivity index (χ0v) is 13.0. The standard InChI is InChI=1S/C15H13BrF3NO/c1-20(2)12-9-10(15(17,18)19)7-8-14(12)21-13-6-4-3-5-11(13)16/h3-9H,1-2H3. The molecule has 0 aliphatic carbocycles. The van der Waals surface area contributed by atoms with Crippen LogP contribution in [0.1, 0.15) is 5.56 Å². The molecular weight excluding hydrogens is 347 g/mol. The molecule has 0 saturated heterocycles. The number of halogens is 4. The van der Waals surface area contributed by atoms with Crippen LogP contribution >= 0.6 is 15.9 Å². The smallest absolute Gasteiger partial charge is 0.416 e. The number of nitrogens with zero attached hydrogens (tertiary/aromatic N) is 1. The molecule has 2 aromatic rings. The summed E-state index contributed by atoms with van der Waals surface area (Å²) in [4.78, 5) is 1.58. The van der Waals surface area contributed by atoms with Crippen molar-refractivity contribution in [3.05, 3.63) is 52.5 Å². The summed E-state index contributed by atoms with van der Waals surface area (Å²) >= 11 is 3.34. The fraction of sp³-hybridized carbons (Fsp3) is 0.200. The van der Waals surface area contributed by atoms with Gasteiger partial charge in [0.2, 0.25) is 0 Å². The number of rotatable bonds is 3. The summed E-state index contributed by atoms with van der Waals surface area (Å²) in [6, 6.07) is 10.6. The maximum absolute atomic E-state index is 12.8. The van der Waals surface area contributed by atoms with Crippen molar-refractivity contribution < 1.29 is 17.9 Å². The van der Waals surface area contributed by atoms with E-state index < -0.39 is 11.7 Å². The minimum atomic E-state index is -4.38. The fourth-order valence-corrected chi connectivity index (χ4v) is 2.14. The normalized spacial score (nSPS) is 11.3. The molecule has 2 nitrogen and oxygen atoms in total. The van der Waals surface area contributed by atoms with E-state index >= 15 is 0 Å². The van der Waals surface area contributed by atoms with Gasteiger partial charge in [-0.05, 0) is 46.3 Å². The van der Waals surface area contributed by atoms with Gasteiger partial charge in [-0.25, -0.2) is 0 Å². The summed E-state index contributed by atoms with van der Waals surface area (Å²) in [5.41, 5.74) is -0.341. The zero-order chi connectivity index (χ0) is 15.6. The van der Waals surface area contributed by atoms with Gasteiger partial charge in [0.05, 0.1) is 15.7 Å². The molecule has 0 bridgehead atoms. The minimum absolute atomic E-state index is 0.361. The summed E-state index contributed by atoms with van der Waals surface area (Å²) in [5.74, 6) is 0.903. The molecule has 21 heavy (non-hydrogen) atoms. The van der Waals surface area contributed by atoms with E-state index in [4.69, 9.17) is 4.74 Å². The predicted octanol–water partition coefficient (Wildman–Crippen LogP) is 5.33. The second kappa shape index (κ2) is 5.97. The van der Waals surface area contributed by atoms with E-state index in [9.17, 15) is 13.2 Å². The van der Waals surface area contributed by atoms with Gasteiger partial charge >= 0.3 is 6.18 Å². The first-order valence-corrected chi connectivity index (χ1v) is 6.89. The summed E-state index contributed by atoms with van der Waals surface area (Å²) in [6.45, 7) is 0. The van der Waals surface area contributed by atoms with Crippen molar-refractivity contribution in [2.24, 2.45) is 0 Å². The maximum atomic E-state index is 12.8. The van der Waals surface area contributed by atoms with Crippen LogP contribution in [-0.4, -0.2) is 14.1 Å². The molecule has 0 N–H and O–H groups in total. The van der Waals surface area contributed by atoms with Gasteiger partial charge in [-0.2, -0.15) is 13.2 Å². The number of hydrogen-bond acceptors (Lipinski definition) is 2. The highest BCUT2D eigenvalue weighted by Gasteiger charge is 2.31. The number of para-hydroxylation sites is 1. The largest absolute Gasteiger partial charge is 0.454 e. The van der Waals surface area contributed by atoms with Gasteiger partial charge in [-0.3, -0.25) is 0 Å². The Bertz CT molecular complexity index is 641. The SMILES string of the molecule is CN(C)c1cc(C(F)(F)F)ccc1Oc1ccccc1Br. The van der Waals surface area contributed by atoms with Crippen molar-refractivity contribution in [1.29, 1.82) is 0 Å². The van der Waals surface area contributed by atoms with Gasteiger partial charge in [-0.1, -0.05) is 12.1 Å². The van der Waals surface area contributed by atoms with Crippen LogP contribution in [-0.2, 0) is 6.18 Å². The van der Waals surface area contributed by atoms with Crippen LogP contribution in [0.15, 0.2) is 46.9 Å². The van der Waals surface area contributed by atoms with Gasteiger partial charge in [0.15, 0.2) is 5.75 Å². The summed E-state index contributed by atoms with van der Waals surface area (Å²) in [6.07, 6.45) is -4.38. The molecule has 0 heterocycles. The van der Waals surface area contributed by atoms with E-state index in [1.54, 1.807) is 37.2 Å². The Hall–Kier alpha value is -1.69. The molecule has 0 aliphatic heterocycles. The molecule has 0 radical (unpaired) electrons. The van der Waals surface area contributed by atoms with Gasteiger partial charge < -0.3 is 9.64 Å². The quantitative estimate of drug-likeness (QED) is 0.734. The minimum Gasteiger partial charge on any atom is -0.454 e. The van der Waals surface area contributed by atoms with Crippen molar-refractivity contribution >= 4 is 21.6 Å². The van der Waals surface area contributed by atoms with Gasteiger partial charge in [0.25, 0.3) is 0 Å². The molecular formula is C15H13BrF3NO. The Kier molecular flexibility index (Phi) is 4.46. The topological polar surface area (TPSA) is 12.5 Å². The number of ether oxygens (including phenoxy) is 1. The van der Waals surface area contributed by atoms with E-state index in [2.05, 4.69) is 15.9 Å². The van der Waals surface area contributed by atoms with Gasteiger partial charge in [0, 0.05) is 14.1 Å². The highest BCUT2D eigenvalue weighted by molar-refractivity contribution is 9.10. The predicted molar refractivity (Wildman–Crippen MR) is 80.0 cm³/mol. The summed E-state index contributed by atoms with van der Waals surface area (Å²) in [5, 5.41) is 0. The van der Waals surface area contributed by atoms with E-state index in [0.717, 1.165) is 16.6 Å². The van der Waals surface area contributed by atoms with Gasteiger partial charge in [-0.15, -0.1) is 0 Å². The van der Waals surface area contributed by atoms with Crippen molar-refractivity contribution in [2.75, 3.05) is 19.0 Å². The first-order chi connectivity index (χ1) is 9.79. The molecule has 0 unspecified atom stereocenters. The van der Waals surface area contributed by atoms with Crippen molar-refractivity contribution in [2.45, 2.75) is 6.18 Å². The van der Waals surface area contributed by atoms with Crippen molar-refractivity contribution in [1.82, 2.24) is 0 Å². The monoisotopic (exact) mass is 359 g/mol. The fourth-order valence-electron chi connectivity index (χ4n) is 1.78. The Morgan fingerprint density at radius 3 is 2.24 bits per heavy atom. The van der Waals surface area contributed by atoms with Crippen molar-refractivity contribution in [3.63, 3.8) is 0 Å². The van der Waals surface area contributed by atoms with Crippen LogP contribution in [0.25, 0.3) is 0 Å². The lowest BCUT2D eigenvalue weighted by Crippen LogP contribution is -2.12. The van der Waals surface area contributed by atoms with Crippen LogP contribution in [0.3, 0.4) is 0 Å². The van der Waals surface area contributed by atoms with E-state index in [-0.39, 0.29) is 0 Å². The Labute approximate surface area is 129 Å². The van der Waals surface area contributed by atoms with E-state index in [1.165, 1.54) is 6.07 Å². The Morgan fingerprint density at radius 2 is 1.67 bits per heavy atom. The molecule has 0 saturated carbocycles. The summed E-state index contributed by atoms with van der Waals surface area (Å²) in [7, 11) is 3.34. The number of alkyl halides is 3. The lowest BCUT2D eigenvalue weighted by molar-refractivity contribution is -0.137. The number of anilines is 1. The highest BCUT2D eigenvalue weighted by atomic mass is 79.9. The van der Waals surface area contributed by atoms with Crippen LogP contribution in [0.5, 0.6) is 11.5 Å². The Balaban J connectivity index is 2.42. The van der Waals surface area contributed by atoms with E-state index in [1.807, 2.05) is 6.07 Å². The third kappa shape index (κ3) is 3.69. The van der Waals surface area contributed by atoms with Crippen LogP contribution in [0, 0.1) is 0 Å². The second-order valence-corrected chi connectivity index (χ2v) is 5.46. The first kappa shape index (κ1) is 15.7. The third-order valence-corrected chi connectivity index (χ3v) is 3.48. The summed E-state index contributed by atoms with van der Waals surface area (Å²) < 4.78 is 44.8. The average molecular weight is 360 g/mol. The molecule has 2 rings (SSSR count). The number of benzene rings is 2. The van der Waals surface area contributed by atoms with Crippen LogP contribution in [0.2, 0.25) is 0 Å². The molecule has 0 aromatic heterocycles. The average Bonchev–Trinajstić information content (AvgIpc) is 2.40. The number of hydrogen-bond donors (Lipinski definition) is 0. The lowest BCUT2D eigenvalue weighted by Gasteiger charge is -2.20. The first-order valence-electron chi connectivity index (χ1n) is 6.10. The molecule has 0 fully saturated rings. The zero-order valence-electron chi connectivity index (χ0n) is 11.4. The molecule has 6 heteroatoms. The third-order valence-electron chi connectivity index (χ3n) is 2.82. The highest BCUT2D eigenvalue weighted by Crippen LogP contribution is 2.39. The van der Waals surface area contributed by atoms with E-state index in [0.29, 0.717) is 17.2 Å². The molecule has 0 aliphatic rings. The Morgan fingerprint density at radius 1 is 1.00 bits per heavy atom. The van der Waals surface area contributed by atoms with Gasteiger partial charge in [0.1, 0.15) is 5.75 Å². The lowest BCUT2D eigenvalue weighted by atomic mass is 10.1. The molecule has 0 spiro atoms. The second-order valence-electron chi connectivity index (χ2n) is 4.61.